The topological polar surface area (TPSA) is 55.8 Å². The molecule has 5 heteroatoms. The van der Waals surface area contributed by atoms with Crippen LogP contribution in [0.5, 0.6) is 11.5 Å². The van der Waals surface area contributed by atoms with Crippen LogP contribution < -0.4 is 14.4 Å². The van der Waals surface area contributed by atoms with Gasteiger partial charge in [-0.15, -0.1) is 0 Å². The van der Waals surface area contributed by atoms with Gasteiger partial charge in [0.15, 0.2) is 11.5 Å². The van der Waals surface area contributed by atoms with Gasteiger partial charge in [0.1, 0.15) is 0 Å². The summed E-state index contributed by atoms with van der Waals surface area (Å²) in [5.74, 6) is 0.573. The Morgan fingerprint density at radius 3 is 1.93 bits per heavy atom. The molecule has 0 aromatic heterocycles. The van der Waals surface area contributed by atoms with Crippen LogP contribution in [0.1, 0.15) is 26.3 Å². The molecule has 0 atom stereocenters. The van der Waals surface area contributed by atoms with E-state index >= 15 is 0 Å². The lowest BCUT2D eigenvalue weighted by molar-refractivity contribution is 0.0926. The van der Waals surface area contributed by atoms with Gasteiger partial charge in [-0.2, -0.15) is 0 Å². The number of nitrogens with zero attached hydrogens (tertiary/aromatic N) is 1. The van der Waals surface area contributed by atoms with E-state index in [2.05, 4.69) is 0 Å². The highest BCUT2D eigenvalue weighted by Gasteiger charge is 2.38. The van der Waals surface area contributed by atoms with E-state index in [4.69, 9.17) is 9.47 Å². The van der Waals surface area contributed by atoms with Crippen LogP contribution in [0.2, 0.25) is 0 Å². The molecule has 1 heterocycles. The number of ether oxygens (including phenoxy) is 2. The molecule has 0 N–H and O–H groups in total. The van der Waals surface area contributed by atoms with Crippen LogP contribution in [-0.4, -0.2) is 26.0 Å². The van der Waals surface area contributed by atoms with E-state index in [1.165, 1.54) is 4.90 Å². The molecule has 0 fully saturated rings. The second kappa shape index (κ2) is 6.85. The zero-order valence-electron chi connectivity index (χ0n) is 15.9. The summed E-state index contributed by atoms with van der Waals surface area (Å²) in [6.45, 7) is 1.89. The minimum Gasteiger partial charge on any atom is -0.493 e. The van der Waals surface area contributed by atoms with Gasteiger partial charge in [0, 0.05) is 5.56 Å². The van der Waals surface area contributed by atoms with E-state index in [0.717, 1.165) is 16.7 Å². The van der Waals surface area contributed by atoms with Gasteiger partial charge in [-0.25, -0.2) is 4.90 Å². The molecular weight excluding hydrogens is 354 g/mol. The Balaban J connectivity index is 1.90. The number of aryl methyl sites for hydroxylation is 1. The van der Waals surface area contributed by atoms with Gasteiger partial charge in [-0.05, 0) is 42.3 Å². The second-order valence-electron chi connectivity index (χ2n) is 6.53. The first-order chi connectivity index (χ1) is 13.6. The zero-order chi connectivity index (χ0) is 19.8. The van der Waals surface area contributed by atoms with E-state index in [9.17, 15) is 9.59 Å². The van der Waals surface area contributed by atoms with Gasteiger partial charge in [-0.3, -0.25) is 9.59 Å². The van der Waals surface area contributed by atoms with Crippen molar-refractivity contribution in [1.82, 2.24) is 0 Å². The predicted octanol–water partition coefficient (Wildman–Crippen LogP) is 4.48. The second-order valence-corrected chi connectivity index (χ2v) is 6.53. The summed E-state index contributed by atoms with van der Waals surface area (Å²) in [5, 5.41) is 0. The van der Waals surface area contributed by atoms with Crippen molar-refractivity contribution in [1.29, 1.82) is 0 Å². The van der Waals surface area contributed by atoms with Crippen molar-refractivity contribution >= 4 is 17.5 Å². The number of fused-ring (bicyclic) bond motifs is 1. The fourth-order valence-corrected chi connectivity index (χ4v) is 3.58. The summed E-state index contributed by atoms with van der Waals surface area (Å²) in [4.78, 5) is 27.3. The van der Waals surface area contributed by atoms with Crippen LogP contribution in [0.4, 0.5) is 5.69 Å². The molecule has 5 nitrogen and oxygen atoms in total. The summed E-state index contributed by atoms with van der Waals surface area (Å²) < 4.78 is 10.7. The van der Waals surface area contributed by atoms with Crippen molar-refractivity contribution in [2.45, 2.75) is 6.92 Å². The molecule has 0 aliphatic carbocycles. The molecule has 3 aromatic rings. The Morgan fingerprint density at radius 1 is 0.714 bits per heavy atom. The van der Waals surface area contributed by atoms with Gasteiger partial charge in [-0.1, -0.05) is 36.4 Å². The Hall–Kier alpha value is -3.60. The monoisotopic (exact) mass is 373 g/mol. The number of rotatable bonds is 4. The smallest absolute Gasteiger partial charge is 0.266 e. The maximum absolute atomic E-state index is 13.0. The number of anilines is 1. The lowest BCUT2D eigenvalue weighted by Gasteiger charge is -2.21. The fourth-order valence-electron chi connectivity index (χ4n) is 3.58. The summed E-state index contributed by atoms with van der Waals surface area (Å²) in [5.41, 5.74) is 3.87. The number of imide groups is 1. The summed E-state index contributed by atoms with van der Waals surface area (Å²) in [6.07, 6.45) is 0. The quantitative estimate of drug-likeness (QED) is 0.633. The minimum absolute atomic E-state index is 0.309. The van der Waals surface area contributed by atoms with Crippen molar-refractivity contribution in [2.75, 3.05) is 19.1 Å². The molecule has 0 unspecified atom stereocenters. The number of para-hydroxylation sites is 1. The number of amides is 2. The molecule has 0 bridgehead atoms. The molecule has 140 valence electrons. The Kier molecular flexibility index (Phi) is 4.35. The predicted molar refractivity (Wildman–Crippen MR) is 107 cm³/mol. The first kappa shape index (κ1) is 17.8. The van der Waals surface area contributed by atoms with Crippen LogP contribution in [0.15, 0.2) is 60.7 Å². The van der Waals surface area contributed by atoms with Crippen molar-refractivity contribution < 1.29 is 19.1 Å². The van der Waals surface area contributed by atoms with Gasteiger partial charge in [0.2, 0.25) is 0 Å². The number of hydrogen-bond donors (Lipinski definition) is 0. The highest BCUT2D eigenvalue weighted by Crippen LogP contribution is 2.40. The van der Waals surface area contributed by atoms with Crippen LogP contribution in [0.3, 0.4) is 0 Å². The Bertz CT molecular complexity index is 1070. The van der Waals surface area contributed by atoms with Crippen molar-refractivity contribution in [3.8, 4) is 22.6 Å². The fraction of sp³-hybridized carbons (Fsp3) is 0.130. The summed E-state index contributed by atoms with van der Waals surface area (Å²) in [7, 11) is 3.15. The van der Waals surface area contributed by atoms with Crippen LogP contribution in [0.25, 0.3) is 11.1 Å². The van der Waals surface area contributed by atoms with Crippen molar-refractivity contribution in [3.63, 3.8) is 0 Å². The van der Waals surface area contributed by atoms with Gasteiger partial charge < -0.3 is 9.47 Å². The molecule has 1 aliphatic rings. The van der Waals surface area contributed by atoms with Crippen LogP contribution >= 0.6 is 0 Å². The maximum atomic E-state index is 13.0. The number of carbonyl (C=O) groups excluding carboxylic acids is 2. The molecule has 0 saturated carbocycles. The summed E-state index contributed by atoms with van der Waals surface area (Å²) >= 11 is 0. The average molecular weight is 373 g/mol. The standard InChI is InChI=1S/C23H19NO4/c1-14-7-6-10-16(15-11-12-19(27-2)20(13-15)28-3)21(14)24-22(25)17-8-4-5-9-18(17)23(24)26/h4-13H,1-3H3. The SMILES string of the molecule is COc1ccc(-c2cccc(C)c2N2C(=O)c3ccccc3C2=O)cc1OC. The molecule has 28 heavy (non-hydrogen) atoms. The lowest BCUT2D eigenvalue weighted by Crippen LogP contribution is -2.30. The lowest BCUT2D eigenvalue weighted by atomic mass is 9.99. The average Bonchev–Trinajstić information content (AvgIpc) is 2.98. The maximum Gasteiger partial charge on any atom is 0.266 e. The van der Waals surface area contributed by atoms with Crippen LogP contribution in [-0.2, 0) is 0 Å². The molecule has 1 aliphatic heterocycles. The molecule has 4 rings (SSSR count). The molecule has 3 aromatic carbocycles. The van der Waals surface area contributed by atoms with Gasteiger partial charge >= 0.3 is 0 Å². The summed E-state index contributed by atoms with van der Waals surface area (Å²) in [6, 6.07) is 18.1. The first-order valence-electron chi connectivity index (χ1n) is 8.86. The van der Waals surface area contributed by atoms with Crippen LogP contribution in [0, 0.1) is 6.92 Å². The highest BCUT2D eigenvalue weighted by molar-refractivity contribution is 6.35. The molecule has 2 amide bonds. The largest absolute Gasteiger partial charge is 0.493 e. The van der Waals surface area contributed by atoms with E-state index in [-0.39, 0.29) is 11.8 Å². The molecular formula is C23H19NO4. The molecule has 0 radical (unpaired) electrons. The molecule has 0 spiro atoms. The third-order valence-corrected chi connectivity index (χ3v) is 4.95. The third kappa shape index (κ3) is 2.63. The van der Waals surface area contributed by atoms with Crippen molar-refractivity contribution in [3.05, 3.63) is 77.4 Å². The minimum atomic E-state index is -0.309. The van der Waals surface area contributed by atoms with E-state index in [0.29, 0.717) is 28.3 Å². The first-order valence-corrected chi connectivity index (χ1v) is 8.86. The highest BCUT2D eigenvalue weighted by atomic mass is 16.5. The zero-order valence-corrected chi connectivity index (χ0v) is 15.9. The normalized spacial score (nSPS) is 12.9. The van der Waals surface area contributed by atoms with E-state index in [1.807, 2.05) is 43.3 Å². The Labute approximate surface area is 163 Å². The van der Waals surface area contributed by atoms with Gasteiger partial charge in [0.05, 0.1) is 31.0 Å². The van der Waals surface area contributed by atoms with E-state index < -0.39 is 0 Å². The number of hydrogen-bond acceptors (Lipinski definition) is 4. The van der Waals surface area contributed by atoms with Crippen molar-refractivity contribution in [2.24, 2.45) is 0 Å². The third-order valence-electron chi connectivity index (χ3n) is 4.95. The van der Waals surface area contributed by atoms with E-state index in [1.54, 1.807) is 38.5 Å². The number of carbonyl (C=O) groups is 2. The number of benzene rings is 3. The van der Waals surface area contributed by atoms with Gasteiger partial charge in [0.25, 0.3) is 11.8 Å². The number of methoxy groups -OCH3 is 2. The molecule has 0 saturated heterocycles. The Morgan fingerprint density at radius 2 is 1.32 bits per heavy atom.